The molecule has 6 unspecified atom stereocenters. The molecule has 0 aromatic carbocycles. The summed E-state index contributed by atoms with van der Waals surface area (Å²) < 4.78 is 28.7. The molecule has 1 saturated heterocycles. The van der Waals surface area contributed by atoms with Gasteiger partial charge in [-0.05, 0) is 24.2 Å². The topological polar surface area (TPSA) is 43.4 Å². The lowest BCUT2D eigenvalue weighted by molar-refractivity contribution is 0.109. The molecule has 0 spiro atoms. The molecule has 0 radical (unpaired) electrons. The number of hydrogen-bond donors (Lipinski definition) is 0. The molecule has 14 heavy (non-hydrogen) atoms. The molecule has 0 aromatic rings. The van der Waals surface area contributed by atoms with Crippen LogP contribution >= 0.6 is 0 Å². The van der Waals surface area contributed by atoms with Crippen molar-refractivity contribution in [2.24, 2.45) is 23.7 Å². The summed E-state index contributed by atoms with van der Waals surface area (Å²) in [6, 6.07) is 0. The van der Waals surface area contributed by atoms with Crippen LogP contribution in [0.2, 0.25) is 0 Å². The van der Waals surface area contributed by atoms with Crippen LogP contribution in [0.25, 0.3) is 0 Å². The van der Waals surface area contributed by atoms with E-state index in [-0.39, 0.29) is 11.4 Å². The molecule has 2 saturated carbocycles. The van der Waals surface area contributed by atoms with Gasteiger partial charge in [-0.1, -0.05) is 20.3 Å². The molecule has 3 fully saturated rings. The van der Waals surface area contributed by atoms with Gasteiger partial charge >= 0.3 is 0 Å². The van der Waals surface area contributed by atoms with E-state index in [0.29, 0.717) is 23.7 Å². The van der Waals surface area contributed by atoms with Crippen LogP contribution in [0.15, 0.2) is 0 Å². The Morgan fingerprint density at radius 3 is 2.71 bits per heavy atom. The summed E-state index contributed by atoms with van der Waals surface area (Å²) in [6.45, 7) is 4.22. The molecule has 6 atom stereocenters. The fourth-order valence-corrected chi connectivity index (χ4v) is 6.26. The molecule has 2 bridgehead atoms. The van der Waals surface area contributed by atoms with Gasteiger partial charge in [0.2, 0.25) is 0 Å². The van der Waals surface area contributed by atoms with Crippen LogP contribution in [0.5, 0.6) is 0 Å². The van der Waals surface area contributed by atoms with Crippen LogP contribution in [0.4, 0.5) is 0 Å². The molecular formula is C10H16O3S. The highest BCUT2D eigenvalue weighted by atomic mass is 32.2. The summed E-state index contributed by atoms with van der Waals surface area (Å²) in [4.78, 5) is 0. The largest absolute Gasteiger partial charge is 0.271 e. The fraction of sp³-hybridized carbons (Fsp3) is 1.00. The van der Waals surface area contributed by atoms with E-state index in [2.05, 4.69) is 13.8 Å². The number of fused-ring (bicyclic) bond motifs is 1. The van der Waals surface area contributed by atoms with E-state index in [1.165, 1.54) is 0 Å². The quantitative estimate of drug-likeness (QED) is 0.622. The van der Waals surface area contributed by atoms with Gasteiger partial charge in [0.1, 0.15) is 0 Å². The van der Waals surface area contributed by atoms with Crippen molar-refractivity contribution < 1.29 is 12.6 Å². The normalized spacial score (nSPS) is 58.1. The van der Waals surface area contributed by atoms with Crippen LogP contribution in [0, 0.1) is 23.7 Å². The maximum absolute atomic E-state index is 11.7. The highest BCUT2D eigenvalue weighted by Crippen LogP contribution is 2.60. The summed E-state index contributed by atoms with van der Waals surface area (Å²) in [5.41, 5.74) is 0. The van der Waals surface area contributed by atoms with E-state index in [0.717, 1.165) is 12.8 Å². The van der Waals surface area contributed by atoms with Crippen molar-refractivity contribution in [1.82, 2.24) is 0 Å². The van der Waals surface area contributed by atoms with Gasteiger partial charge in [0, 0.05) is 5.92 Å². The van der Waals surface area contributed by atoms with E-state index in [4.69, 9.17) is 4.18 Å². The average Bonchev–Trinajstić information content (AvgIpc) is 2.63. The standard InChI is InChI=1S/C10H16O3S/c1-3-6-7-4-8-9(6)13-14(11,12)10(8)5(7)2/h5-10H,3-4H2,1-2H3. The lowest BCUT2D eigenvalue weighted by atomic mass is 9.78. The molecule has 3 nitrogen and oxygen atoms in total. The summed E-state index contributed by atoms with van der Waals surface area (Å²) in [5, 5.41) is -0.180. The van der Waals surface area contributed by atoms with Crippen molar-refractivity contribution in [1.29, 1.82) is 0 Å². The second-order valence-electron chi connectivity index (χ2n) is 5.01. The molecule has 3 aliphatic rings. The van der Waals surface area contributed by atoms with Crippen molar-refractivity contribution in [2.75, 3.05) is 0 Å². The van der Waals surface area contributed by atoms with Gasteiger partial charge in [0.15, 0.2) is 0 Å². The van der Waals surface area contributed by atoms with Crippen molar-refractivity contribution in [2.45, 2.75) is 38.0 Å². The Bertz CT molecular complexity index is 362. The average molecular weight is 216 g/mol. The first-order valence-electron chi connectivity index (χ1n) is 5.48. The zero-order chi connectivity index (χ0) is 10.1. The lowest BCUT2D eigenvalue weighted by Crippen LogP contribution is -2.34. The van der Waals surface area contributed by atoms with E-state index >= 15 is 0 Å². The molecule has 0 N–H and O–H groups in total. The molecule has 0 amide bonds. The lowest BCUT2D eigenvalue weighted by Gasteiger charge is -2.28. The van der Waals surface area contributed by atoms with E-state index in [1.807, 2.05) is 0 Å². The van der Waals surface area contributed by atoms with Gasteiger partial charge in [0.05, 0.1) is 11.4 Å². The molecule has 0 aromatic heterocycles. The maximum Gasteiger partial charge on any atom is 0.271 e. The van der Waals surface area contributed by atoms with Crippen LogP contribution in [-0.2, 0) is 14.3 Å². The Labute approximate surface area is 85.0 Å². The van der Waals surface area contributed by atoms with Gasteiger partial charge in [-0.15, -0.1) is 0 Å². The predicted molar refractivity (Wildman–Crippen MR) is 52.1 cm³/mol. The fourth-order valence-electron chi connectivity index (χ4n) is 4.12. The van der Waals surface area contributed by atoms with Crippen LogP contribution in [-0.4, -0.2) is 19.8 Å². The minimum absolute atomic E-state index is 0.0243. The van der Waals surface area contributed by atoms with Gasteiger partial charge in [-0.2, -0.15) is 8.42 Å². The molecule has 1 heterocycles. The third-order valence-corrected chi connectivity index (χ3v) is 6.54. The Hall–Kier alpha value is -0.0900. The van der Waals surface area contributed by atoms with Crippen molar-refractivity contribution in [3.05, 3.63) is 0 Å². The third kappa shape index (κ3) is 0.847. The maximum atomic E-state index is 11.7. The highest BCUT2D eigenvalue weighted by Gasteiger charge is 2.66. The molecule has 3 rings (SSSR count). The van der Waals surface area contributed by atoms with Gasteiger partial charge in [-0.3, -0.25) is 4.18 Å². The highest BCUT2D eigenvalue weighted by molar-refractivity contribution is 7.87. The molecular weight excluding hydrogens is 200 g/mol. The molecule has 4 heteroatoms. The first-order valence-corrected chi connectivity index (χ1v) is 6.95. The van der Waals surface area contributed by atoms with Gasteiger partial charge in [-0.25, -0.2) is 0 Å². The number of rotatable bonds is 1. The molecule has 1 aliphatic heterocycles. The summed E-state index contributed by atoms with van der Waals surface area (Å²) in [7, 11) is -3.22. The Morgan fingerprint density at radius 2 is 2.07 bits per heavy atom. The predicted octanol–water partition coefficient (Wildman–Crippen LogP) is 1.40. The monoisotopic (exact) mass is 216 g/mol. The Balaban J connectivity index is 2.08. The third-order valence-electron chi connectivity index (χ3n) is 4.60. The van der Waals surface area contributed by atoms with Gasteiger partial charge in [0.25, 0.3) is 10.1 Å². The van der Waals surface area contributed by atoms with E-state index in [9.17, 15) is 8.42 Å². The van der Waals surface area contributed by atoms with Gasteiger partial charge < -0.3 is 0 Å². The molecule has 2 aliphatic carbocycles. The second-order valence-corrected chi connectivity index (χ2v) is 6.74. The zero-order valence-electron chi connectivity index (χ0n) is 8.51. The zero-order valence-corrected chi connectivity index (χ0v) is 9.33. The summed E-state index contributed by atoms with van der Waals surface area (Å²) >= 11 is 0. The van der Waals surface area contributed by atoms with Crippen molar-refractivity contribution in [3.8, 4) is 0 Å². The minimum atomic E-state index is -3.22. The first-order chi connectivity index (χ1) is 6.56. The van der Waals surface area contributed by atoms with Crippen molar-refractivity contribution in [3.63, 3.8) is 0 Å². The van der Waals surface area contributed by atoms with E-state index < -0.39 is 10.1 Å². The number of hydrogen-bond acceptors (Lipinski definition) is 3. The van der Waals surface area contributed by atoms with Crippen molar-refractivity contribution >= 4 is 10.1 Å². The first kappa shape index (κ1) is 9.16. The Morgan fingerprint density at radius 1 is 1.36 bits per heavy atom. The summed E-state index contributed by atoms with van der Waals surface area (Å²) in [6.07, 6.45) is 2.16. The van der Waals surface area contributed by atoms with Crippen LogP contribution < -0.4 is 0 Å². The minimum Gasteiger partial charge on any atom is -0.266 e. The smallest absolute Gasteiger partial charge is 0.266 e. The SMILES string of the molecule is CCC1C2CC3C1OS(=O)(=O)C3C2C. The van der Waals surface area contributed by atoms with Crippen LogP contribution in [0.3, 0.4) is 0 Å². The summed E-state index contributed by atoms with van der Waals surface area (Å²) in [5.74, 6) is 1.71. The molecule has 80 valence electrons. The second kappa shape index (κ2) is 2.53. The van der Waals surface area contributed by atoms with E-state index in [1.54, 1.807) is 0 Å². The Kier molecular flexibility index (Phi) is 1.65. The van der Waals surface area contributed by atoms with Crippen LogP contribution in [0.1, 0.15) is 26.7 Å².